The Balaban J connectivity index is 1.71. The molecule has 5 nitrogen and oxygen atoms in total. The van der Waals surface area contributed by atoms with Crippen molar-refractivity contribution in [2.75, 3.05) is 0 Å². The van der Waals surface area contributed by atoms with E-state index >= 15 is 0 Å². The third kappa shape index (κ3) is 3.92. The second-order valence-corrected chi connectivity index (χ2v) is 7.52. The summed E-state index contributed by atoms with van der Waals surface area (Å²) in [7, 11) is 0. The van der Waals surface area contributed by atoms with Crippen LogP contribution in [0.3, 0.4) is 0 Å². The van der Waals surface area contributed by atoms with Crippen LogP contribution >= 0.6 is 23.2 Å². The second-order valence-electron chi connectivity index (χ2n) is 6.68. The van der Waals surface area contributed by atoms with Gasteiger partial charge in [0.15, 0.2) is 0 Å². The van der Waals surface area contributed by atoms with Crippen molar-refractivity contribution in [3.63, 3.8) is 0 Å². The number of nitrogens with one attached hydrogen (secondary N) is 1. The number of nitrogens with zero attached hydrogens (tertiary/aromatic N) is 1. The van der Waals surface area contributed by atoms with Gasteiger partial charge in [0.05, 0.1) is 22.7 Å². The molecule has 0 aliphatic heterocycles. The molecule has 0 fully saturated rings. The van der Waals surface area contributed by atoms with E-state index in [0.717, 1.165) is 27.6 Å². The zero-order chi connectivity index (χ0) is 20.5. The normalized spacial score (nSPS) is 11.1. The van der Waals surface area contributed by atoms with Crippen molar-refractivity contribution in [2.45, 2.75) is 12.8 Å². The smallest absolute Gasteiger partial charge is 0.303 e. The van der Waals surface area contributed by atoms with Crippen LogP contribution in [-0.2, 0) is 11.2 Å². The van der Waals surface area contributed by atoms with Gasteiger partial charge in [0.1, 0.15) is 5.75 Å². The van der Waals surface area contributed by atoms with E-state index in [1.165, 1.54) is 6.07 Å². The molecule has 4 aromatic rings. The van der Waals surface area contributed by atoms with Crippen LogP contribution in [0.1, 0.15) is 12.1 Å². The van der Waals surface area contributed by atoms with Crippen molar-refractivity contribution < 1.29 is 15.0 Å². The minimum Gasteiger partial charge on any atom is -0.507 e. The summed E-state index contributed by atoms with van der Waals surface area (Å²) in [6.07, 6.45) is 0.350. The van der Waals surface area contributed by atoms with E-state index in [1.54, 1.807) is 18.2 Å². The van der Waals surface area contributed by atoms with E-state index in [2.05, 4.69) is 10.2 Å². The molecule has 1 aromatic heterocycles. The number of hydrogen-bond acceptors (Lipinski definition) is 3. The van der Waals surface area contributed by atoms with Crippen LogP contribution in [0.25, 0.3) is 33.2 Å². The molecule has 0 aliphatic carbocycles. The average molecular weight is 427 g/mol. The highest BCUT2D eigenvalue weighted by atomic mass is 35.5. The van der Waals surface area contributed by atoms with Crippen LogP contribution in [0.15, 0.2) is 54.6 Å². The molecule has 0 unspecified atom stereocenters. The molecule has 1 heterocycles. The molecule has 29 heavy (non-hydrogen) atoms. The molecule has 0 radical (unpaired) electrons. The van der Waals surface area contributed by atoms with Gasteiger partial charge < -0.3 is 10.2 Å². The molecule has 0 saturated carbocycles. The molecule has 4 rings (SSSR count). The van der Waals surface area contributed by atoms with Crippen molar-refractivity contribution >= 4 is 40.1 Å². The van der Waals surface area contributed by atoms with E-state index in [0.29, 0.717) is 27.7 Å². The SMILES string of the molecule is O=C(O)CCc1n[nH]c2cc(Cl)c(-c3ccc(-c4ccc(Cl)cc4O)cc3)cc12. The standard InChI is InChI=1S/C22H16Cl2N2O3/c23-14-5-6-15(21(27)9-14)12-1-3-13(4-2-12)16-10-17-19(7-8-22(28)29)25-26-20(17)11-18(16)24/h1-6,9-11,27H,7-8H2,(H,25,26)(H,28,29). The summed E-state index contributed by atoms with van der Waals surface area (Å²) in [5.41, 5.74) is 4.73. The van der Waals surface area contributed by atoms with E-state index in [-0.39, 0.29) is 12.2 Å². The lowest BCUT2D eigenvalue weighted by atomic mass is 9.98. The van der Waals surface area contributed by atoms with Gasteiger partial charge in [0.2, 0.25) is 0 Å². The fourth-order valence-corrected chi connectivity index (χ4v) is 3.75. The maximum atomic E-state index is 10.9. The number of fused-ring (bicyclic) bond motifs is 1. The van der Waals surface area contributed by atoms with Gasteiger partial charge in [-0.2, -0.15) is 5.10 Å². The van der Waals surface area contributed by atoms with Gasteiger partial charge in [0.25, 0.3) is 0 Å². The van der Waals surface area contributed by atoms with E-state index in [1.807, 2.05) is 30.3 Å². The Labute approximate surface area is 176 Å². The number of carboxylic acids is 1. The molecule has 0 aliphatic rings. The Hall–Kier alpha value is -3.02. The number of aliphatic carboxylic acids is 1. The Morgan fingerprint density at radius 2 is 1.66 bits per heavy atom. The highest BCUT2D eigenvalue weighted by Crippen LogP contribution is 2.36. The molecular weight excluding hydrogens is 411 g/mol. The van der Waals surface area contributed by atoms with Gasteiger partial charge in [-0.05, 0) is 41.5 Å². The molecule has 0 bridgehead atoms. The number of hydrogen-bond donors (Lipinski definition) is 3. The van der Waals surface area contributed by atoms with Crippen LogP contribution in [-0.4, -0.2) is 26.4 Å². The number of phenols is 1. The number of H-pyrrole nitrogens is 1. The number of aromatic amines is 1. The second kappa shape index (κ2) is 7.78. The van der Waals surface area contributed by atoms with Gasteiger partial charge in [-0.3, -0.25) is 9.89 Å². The molecule has 146 valence electrons. The van der Waals surface area contributed by atoms with E-state index in [4.69, 9.17) is 28.3 Å². The van der Waals surface area contributed by atoms with Gasteiger partial charge in [-0.1, -0.05) is 47.5 Å². The Kier molecular flexibility index (Phi) is 5.18. The van der Waals surface area contributed by atoms with Gasteiger partial charge in [-0.25, -0.2) is 0 Å². The summed E-state index contributed by atoms with van der Waals surface area (Å²) < 4.78 is 0. The summed E-state index contributed by atoms with van der Waals surface area (Å²) in [5, 5.41) is 28.1. The predicted octanol–water partition coefficient (Wildman–Crippen LogP) is 5.93. The lowest BCUT2D eigenvalue weighted by Gasteiger charge is -2.09. The van der Waals surface area contributed by atoms with Crippen molar-refractivity contribution in [1.82, 2.24) is 10.2 Å². The third-order valence-electron chi connectivity index (χ3n) is 4.77. The Morgan fingerprint density at radius 1 is 0.966 bits per heavy atom. The highest BCUT2D eigenvalue weighted by molar-refractivity contribution is 6.34. The average Bonchev–Trinajstić information content (AvgIpc) is 3.07. The monoisotopic (exact) mass is 426 g/mol. The largest absolute Gasteiger partial charge is 0.507 e. The zero-order valence-electron chi connectivity index (χ0n) is 15.1. The summed E-state index contributed by atoms with van der Waals surface area (Å²) in [5.74, 6) is -0.748. The van der Waals surface area contributed by atoms with E-state index in [9.17, 15) is 9.90 Å². The summed E-state index contributed by atoms with van der Waals surface area (Å²) in [6.45, 7) is 0. The van der Waals surface area contributed by atoms with Crippen molar-refractivity contribution in [1.29, 1.82) is 0 Å². The zero-order valence-corrected chi connectivity index (χ0v) is 16.6. The molecular formula is C22H16Cl2N2O3. The van der Waals surface area contributed by atoms with Crippen LogP contribution in [0.5, 0.6) is 5.75 Å². The molecule has 0 amide bonds. The summed E-state index contributed by atoms with van der Waals surface area (Å²) in [4.78, 5) is 10.9. The van der Waals surface area contributed by atoms with Crippen molar-refractivity contribution in [2.24, 2.45) is 0 Å². The van der Waals surface area contributed by atoms with Crippen LogP contribution < -0.4 is 0 Å². The van der Waals surface area contributed by atoms with Crippen molar-refractivity contribution in [3.05, 3.63) is 70.3 Å². The Bertz CT molecular complexity index is 1220. The van der Waals surface area contributed by atoms with Crippen LogP contribution in [0.2, 0.25) is 10.0 Å². The maximum absolute atomic E-state index is 10.9. The first-order valence-corrected chi connectivity index (χ1v) is 9.65. The molecule has 0 spiro atoms. The number of phenolic OH excluding ortho intramolecular Hbond substituents is 1. The quantitative estimate of drug-likeness (QED) is 0.369. The number of aromatic nitrogens is 2. The molecule has 0 atom stereocenters. The fourth-order valence-electron chi connectivity index (χ4n) is 3.31. The number of aryl methyl sites for hydroxylation is 1. The lowest BCUT2D eigenvalue weighted by molar-refractivity contribution is -0.136. The predicted molar refractivity (Wildman–Crippen MR) is 115 cm³/mol. The molecule has 7 heteroatoms. The number of aromatic hydroxyl groups is 1. The Morgan fingerprint density at radius 3 is 2.31 bits per heavy atom. The fraction of sp³-hybridized carbons (Fsp3) is 0.0909. The first kappa shape index (κ1) is 19.3. The number of carboxylic acid groups (broad SMARTS) is 1. The highest BCUT2D eigenvalue weighted by Gasteiger charge is 2.13. The third-order valence-corrected chi connectivity index (χ3v) is 5.32. The minimum atomic E-state index is -0.864. The van der Waals surface area contributed by atoms with E-state index < -0.39 is 5.97 Å². The van der Waals surface area contributed by atoms with Crippen molar-refractivity contribution in [3.8, 4) is 28.0 Å². The molecule has 0 saturated heterocycles. The lowest BCUT2D eigenvalue weighted by Crippen LogP contribution is -1.98. The summed E-state index contributed by atoms with van der Waals surface area (Å²) in [6, 6.07) is 16.4. The maximum Gasteiger partial charge on any atom is 0.303 e. The molecule has 3 aromatic carbocycles. The number of benzene rings is 3. The van der Waals surface area contributed by atoms with Gasteiger partial charge in [0, 0.05) is 28.0 Å². The number of rotatable bonds is 5. The van der Waals surface area contributed by atoms with Gasteiger partial charge >= 0.3 is 5.97 Å². The van der Waals surface area contributed by atoms with Crippen LogP contribution in [0, 0.1) is 0 Å². The summed E-state index contributed by atoms with van der Waals surface area (Å²) >= 11 is 12.4. The number of halogens is 2. The number of carbonyl (C=O) groups is 1. The van der Waals surface area contributed by atoms with Crippen LogP contribution in [0.4, 0.5) is 0 Å². The first-order valence-electron chi connectivity index (χ1n) is 8.90. The topological polar surface area (TPSA) is 86.2 Å². The van der Waals surface area contributed by atoms with Gasteiger partial charge in [-0.15, -0.1) is 0 Å². The minimum absolute atomic E-state index is 0.0111. The first-order chi connectivity index (χ1) is 13.9. The molecule has 3 N–H and O–H groups in total.